The fourth-order valence-corrected chi connectivity index (χ4v) is 2.12. The second kappa shape index (κ2) is 4.28. The molecule has 2 aromatic rings. The first-order valence-corrected chi connectivity index (χ1v) is 5.58. The first-order valence-electron chi connectivity index (χ1n) is 4.70. The Bertz CT molecular complexity index is 467. The number of hydrogen-bond donors (Lipinski definition) is 1. The Morgan fingerprint density at radius 2 is 2.07 bits per heavy atom. The summed E-state index contributed by atoms with van der Waals surface area (Å²) >= 11 is 1.61. The van der Waals surface area contributed by atoms with Gasteiger partial charge in [0, 0.05) is 16.6 Å². The van der Waals surface area contributed by atoms with Crippen LogP contribution in [-0.2, 0) is 0 Å². The molecule has 0 fully saturated rings. The van der Waals surface area contributed by atoms with Crippen LogP contribution in [0.15, 0.2) is 41.4 Å². The number of hydrogen-bond acceptors (Lipinski definition) is 3. The first-order chi connectivity index (χ1) is 7.25. The molecule has 0 saturated carbocycles. The summed E-state index contributed by atoms with van der Waals surface area (Å²) in [5.74, 6) is 0. The second-order valence-corrected chi connectivity index (χ2v) is 4.22. The molecule has 0 radical (unpaired) electrons. The van der Waals surface area contributed by atoms with E-state index < -0.39 is 0 Å². The van der Waals surface area contributed by atoms with Gasteiger partial charge < -0.3 is 5.73 Å². The van der Waals surface area contributed by atoms with E-state index in [4.69, 9.17) is 5.73 Å². The third-order valence-electron chi connectivity index (χ3n) is 1.94. The third-order valence-corrected chi connectivity index (χ3v) is 2.73. The van der Waals surface area contributed by atoms with Gasteiger partial charge in [-0.1, -0.05) is 30.3 Å². The van der Waals surface area contributed by atoms with Crippen molar-refractivity contribution in [1.82, 2.24) is 4.98 Å². The minimum Gasteiger partial charge on any atom is -0.402 e. The maximum atomic E-state index is 5.60. The number of aromatic nitrogens is 1. The monoisotopic (exact) mass is 216 g/mol. The number of thiazole rings is 1. The molecule has 0 aliphatic carbocycles. The third kappa shape index (κ3) is 2.44. The Morgan fingerprint density at radius 1 is 1.33 bits per heavy atom. The minimum absolute atomic E-state index is 0.781. The summed E-state index contributed by atoms with van der Waals surface area (Å²) in [5.41, 5.74) is 8.53. The molecule has 3 heteroatoms. The second-order valence-electron chi connectivity index (χ2n) is 3.33. The molecule has 2 rings (SSSR count). The van der Waals surface area contributed by atoms with E-state index in [0.29, 0.717) is 0 Å². The number of allylic oxidation sites excluding steroid dienone is 1. The predicted molar refractivity (Wildman–Crippen MR) is 65.4 cm³/mol. The van der Waals surface area contributed by atoms with Crippen molar-refractivity contribution in [2.45, 2.75) is 6.92 Å². The molecular formula is C12H12N2S. The summed E-state index contributed by atoms with van der Waals surface area (Å²) in [6, 6.07) is 10.1. The molecular weight excluding hydrogens is 204 g/mol. The molecule has 2 nitrogen and oxygen atoms in total. The zero-order chi connectivity index (χ0) is 10.7. The van der Waals surface area contributed by atoms with Gasteiger partial charge in [-0.25, -0.2) is 4.98 Å². The summed E-state index contributed by atoms with van der Waals surface area (Å²) in [6.45, 7) is 1.86. The van der Waals surface area contributed by atoms with E-state index in [1.807, 2.05) is 36.6 Å². The van der Waals surface area contributed by atoms with Crippen molar-refractivity contribution in [3.63, 3.8) is 0 Å². The lowest BCUT2D eigenvalue weighted by molar-refractivity contribution is 1.32. The molecule has 0 aliphatic rings. The van der Waals surface area contributed by atoms with Gasteiger partial charge in [-0.2, -0.15) is 0 Å². The Morgan fingerprint density at radius 3 is 2.73 bits per heavy atom. The molecule has 1 aromatic heterocycles. The molecule has 0 aliphatic heterocycles. The van der Waals surface area contributed by atoms with Crippen molar-refractivity contribution in [2.75, 3.05) is 0 Å². The Balaban J connectivity index is 2.32. The normalized spacial score (nSPS) is 11.7. The lowest BCUT2D eigenvalue weighted by atomic mass is 10.2. The van der Waals surface area contributed by atoms with Gasteiger partial charge in [-0.3, -0.25) is 0 Å². The van der Waals surface area contributed by atoms with Crippen LogP contribution in [0.3, 0.4) is 0 Å². The lowest BCUT2D eigenvalue weighted by Crippen LogP contribution is -1.88. The molecule has 2 N–H and O–H groups in total. The van der Waals surface area contributed by atoms with E-state index in [0.717, 1.165) is 22.0 Å². The lowest BCUT2D eigenvalue weighted by Gasteiger charge is -1.93. The molecule has 0 spiro atoms. The number of nitrogens with zero attached hydrogens (tertiary/aromatic N) is 1. The molecule has 76 valence electrons. The van der Waals surface area contributed by atoms with E-state index in [1.54, 1.807) is 11.3 Å². The van der Waals surface area contributed by atoms with Crippen LogP contribution >= 0.6 is 11.3 Å². The van der Waals surface area contributed by atoms with E-state index in [-0.39, 0.29) is 0 Å². The fourth-order valence-electron chi connectivity index (χ4n) is 1.29. The highest BCUT2D eigenvalue weighted by Gasteiger charge is 2.01. The molecule has 15 heavy (non-hydrogen) atoms. The highest BCUT2D eigenvalue weighted by Crippen LogP contribution is 2.22. The average molecular weight is 216 g/mol. The highest BCUT2D eigenvalue weighted by atomic mass is 32.1. The molecule has 0 atom stereocenters. The SMILES string of the molecule is CC(N)=Cc1nc(-c2ccccc2)cs1. The van der Waals surface area contributed by atoms with Gasteiger partial charge in [0.25, 0.3) is 0 Å². The van der Waals surface area contributed by atoms with Gasteiger partial charge in [0.2, 0.25) is 0 Å². The van der Waals surface area contributed by atoms with Crippen molar-refractivity contribution >= 4 is 17.4 Å². The predicted octanol–water partition coefficient (Wildman–Crippen LogP) is 3.13. The van der Waals surface area contributed by atoms with E-state index >= 15 is 0 Å². The summed E-state index contributed by atoms with van der Waals surface area (Å²) in [5, 5.41) is 3.00. The highest BCUT2D eigenvalue weighted by molar-refractivity contribution is 7.10. The van der Waals surface area contributed by atoms with Crippen LogP contribution < -0.4 is 5.73 Å². The van der Waals surface area contributed by atoms with Crippen molar-refractivity contribution in [2.24, 2.45) is 5.73 Å². The summed E-state index contributed by atoms with van der Waals surface area (Å²) in [7, 11) is 0. The number of benzene rings is 1. The van der Waals surface area contributed by atoms with Crippen LogP contribution in [0.5, 0.6) is 0 Å². The maximum Gasteiger partial charge on any atom is 0.118 e. The maximum absolute atomic E-state index is 5.60. The van der Waals surface area contributed by atoms with Gasteiger partial charge in [-0.05, 0) is 13.0 Å². The summed E-state index contributed by atoms with van der Waals surface area (Å²) in [6.07, 6.45) is 1.89. The summed E-state index contributed by atoms with van der Waals surface area (Å²) in [4.78, 5) is 4.48. The zero-order valence-electron chi connectivity index (χ0n) is 8.47. The van der Waals surface area contributed by atoms with Gasteiger partial charge in [-0.15, -0.1) is 11.3 Å². The van der Waals surface area contributed by atoms with Crippen LogP contribution in [0.4, 0.5) is 0 Å². The Kier molecular flexibility index (Phi) is 2.83. The number of rotatable bonds is 2. The number of nitrogens with two attached hydrogens (primary N) is 1. The Hall–Kier alpha value is -1.61. The molecule has 0 unspecified atom stereocenters. The van der Waals surface area contributed by atoms with Gasteiger partial charge >= 0.3 is 0 Å². The van der Waals surface area contributed by atoms with Crippen LogP contribution in [0.25, 0.3) is 17.3 Å². The van der Waals surface area contributed by atoms with Crippen molar-refractivity contribution in [3.05, 3.63) is 46.4 Å². The minimum atomic E-state index is 0.781. The quantitative estimate of drug-likeness (QED) is 0.837. The topological polar surface area (TPSA) is 38.9 Å². The van der Waals surface area contributed by atoms with E-state index in [1.165, 1.54) is 0 Å². The van der Waals surface area contributed by atoms with Gasteiger partial charge in [0.1, 0.15) is 5.01 Å². The van der Waals surface area contributed by atoms with Crippen LogP contribution in [0.1, 0.15) is 11.9 Å². The van der Waals surface area contributed by atoms with Crippen molar-refractivity contribution < 1.29 is 0 Å². The molecule has 1 aromatic carbocycles. The van der Waals surface area contributed by atoms with Crippen molar-refractivity contribution in [1.29, 1.82) is 0 Å². The van der Waals surface area contributed by atoms with E-state index in [2.05, 4.69) is 17.1 Å². The smallest absolute Gasteiger partial charge is 0.118 e. The van der Waals surface area contributed by atoms with Crippen molar-refractivity contribution in [3.8, 4) is 11.3 Å². The Labute approximate surface area is 93.1 Å². The molecule has 0 saturated heterocycles. The summed E-state index contributed by atoms with van der Waals surface area (Å²) < 4.78 is 0. The largest absolute Gasteiger partial charge is 0.402 e. The first kappa shape index (κ1) is 9.93. The zero-order valence-corrected chi connectivity index (χ0v) is 9.29. The fraction of sp³-hybridized carbons (Fsp3) is 0.0833. The van der Waals surface area contributed by atoms with Gasteiger partial charge in [0.15, 0.2) is 0 Å². The van der Waals surface area contributed by atoms with Crippen LogP contribution in [0.2, 0.25) is 0 Å². The molecule has 0 amide bonds. The molecule has 1 heterocycles. The van der Waals surface area contributed by atoms with Crippen LogP contribution in [0, 0.1) is 0 Å². The van der Waals surface area contributed by atoms with Crippen LogP contribution in [-0.4, -0.2) is 4.98 Å². The molecule has 0 bridgehead atoms. The van der Waals surface area contributed by atoms with Gasteiger partial charge in [0.05, 0.1) is 5.69 Å². The standard InChI is InChI=1S/C12H12N2S/c1-9(13)7-12-14-11(8-15-12)10-5-3-2-4-6-10/h2-8H,13H2,1H3. The average Bonchev–Trinajstić information content (AvgIpc) is 2.67. The van der Waals surface area contributed by atoms with E-state index in [9.17, 15) is 0 Å².